The molecular weight excluding hydrogens is 659 g/mol. The van der Waals surface area contributed by atoms with Crippen LogP contribution in [0.5, 0.6) is 17.2 Å². The number of ether oxygens (including phenoxy) is 2. The van der Waals surface area contributed by atoms with Gasteiger partial charge in [0.05, 0.1) is 38.1 Å². The Morgan fingerprint density at radius 3 is 2.46 bits per heavy atom. The number of alkyl halides is 3. The van der Waals surface area contributed by atoms with Crippen LogP contribution in [0.15, 0.2) is 41.3 Å². The molecule has 6 atom stereocenters. The molecule has 1 aromatic carbocycles. The van der Waals surface area contributed by atoms with Gasteiger partial charge in [-0.1, -0.05) is 33.6 Å². The van der Waals surface area contributed by atoms with Crippen molar-refractivity contribution in [2.75, 3.05) is 19.7 Å². The van der Waals surface area contributed by atoms with Gasteiger partial charge in [0.15, 0.2) is 9.75 Å². The fourth-order valence-corrected chi connectivity index (χ4v) is 9.12. The Labute approximate surface area is 258 Å². The molecule has 3 fully saturated rings. The number of thiophene rings is 1. The number of benzene rings is 1. The molecule has 1 saturated carbocycles. The normalized spacial score (nSPS) is 32.6. The number of halogens is 3. The summed E-state index contributed by atoms with van der Waals surface area (Å²) in [6, 6.07) is 6.62. The Morgan fingerprint density at radius 1 is 1.07 bits per heavy atom. The number of carbonyl (C=O) groups is 4. The van der Waals surface area contributed by atoms with Crippen molar-refractivity contribution in [2.45, 2.75) is 35.1 Å². The van der Waals surface area contributed by atoms with Gasteiger partial charge in [-0.15, -0.1) is 34.5 Å². The van der Waals surface area contributed by atoms with E-state index in [1.165, 1.54) is 42.6 Å². The molecule has 4 aliphatic rings. The number of phenolic OH excluding ortho intramolecular Hbond substituents is 1. The number of carbonyl (C=O) groups excluding carboxylic acids is 4. The van der Waals surface area contributed by atoms with Crippen molar-refractivity contribution >= 4 is 74.1 Å². The molecule has 41 heavy (non-hydrogen) atoms. The molecule has 2 aliphatic heterocycles. The fraction of sp³-hybridized carbons (Fsp3) is 0.429. The molecule has 3 heterocycles. The van der Waals surface area contributed by atoms with Gasteiger partial charge in [0, 0.05) is 28.5 Å². The predicted molar refractivity (Wildman–Crippen MR) is 154 cm³/mol. The van der Waals surface area contributed by atoms with Crippen LogP contribution < -0.4 is 9.47 Å². The maximum absolute atomic E-state index is 13.9. The van der Waals surface area contributed by atoms with Gasteiger partial charge >= 0.3 is 0 Å². The number of imide groups is 2. The summed E-state index contributed by atoms with van der Waals surface area (Å²) in [7, 11) is 2.82. The van der Waals surface area contributed by atoms with Crippen molar-refractivity contribution in [3.63, 3.8) is 0 Å². The molecule has 2 aromatic rings. The summed E-state index contributed by atoms with van der Waals surface area (Å²) in [5.41, 5.74) is 0.564. The zero-order valence-corrected chi connectivity index (χ0v) is 25.8. The van der Waals surface area contributed by atoms with Crippen LogP contribution in [0.1, 0.15) is 29.2 Å². The Kier molecular flexibility index (Phi) is 6.95. The number of rotatable bonds is 6. The Morgan fingerprint density at radius 2 is 1.83 bits per heavy atom. The van der Waals surface area contributed by atoms with Crippen molar-refractivity contribution in [3.8, 4) is 17.2 Å². The van der Waals surface area contributed by atoms with Crippen LogP contribution in [0, 0.1) is 17.8 Å². The molecule has 216 valence electrons. The minimum absolute atomic E-state index is 0.138. The standard InChI is InChI=1S/C28H25BrCl2N2O7S/c1-39-13-8-18(34)21(19(9-13)40-2)22-15-5-6-16-20(24(36)32(23(16)35)11-14-4-3-7-41-14)17(15)10-27(30)25(37)33(12-29)26(38)28(22,27)31/h3-5,7-9,16-17,20,22,34H,6,10-12H2,1-2H3. The van der Waals surface area contributed by atoms with Crippen molar-refractivity contribution in [1.82, 2.24) is 9.80 Å². The summed E-state index contributed by atoms with van der Waals surface area (Å²) in [6.45, 7) is 0.154. The lowest BCUT2D eigenvalue weighted by molar-refractivity contribution is -0.141. The van der Waals surface area contributed by atoms with Crippen LogP contribution in [-0.2, 0) is 25.7 Å². The number of likely N-dealkylation sites (tertiary alicyclic amines) is 2. The average molecular weight is 684 g/mol. The zero-order valence-electron chi connectivity index (χ0n) is 21.9. The van der Waals surface area contributed by atoms with Gasteiger partial charge in [0.2, 0.25) is 11.8 Å². The molecule has 9 nitrogen and oxygen atoms in total. The molecule has 0 spiro atoms. The number of aromatic hydroxyl groups is 1. The lowest BCUT2D eigenvalue weighted by Gasteiger charge is -2.51. The number of phenols is 1. The lowest BCUT2D eigenvalue weighted by Crippen LogP contribution is -2.60. The van der Waals surface area contributed by atoms with Gasteiger partial charge in [-0.3, -0.25) is 29.0 Å². The highest BCUT2D eigenvalue weighted by Crippen LogP contribution is 2.67. The maximum Gasteiger partial charge on any atom is 0.254 e. The van der Waals surface area contributed by atoms with Crippen LogP contribution in [0.25, 0.3) is 0 Å². The highest BCUT2D eigenvalue weighted by molar-refractivity contribution is 9.09. The molecular formula is C28H25BrCl2N2O7S. The lowest BCUT2D eigenvalue weighted by atomic mass is 9.56. The van der Waals surface area contributed by atoms with Crippen molar-refractivity contribution < 1.29 is 33.8 Å². The molecule has 4 amide bonds. The SMILES string of the molecule is COc1cc(O)c(C2C3=CCC4C(=O)N(Cc5cccs5)C(=O)C4C3CC3(Cl)C(=O)N(CBr)C(=O)C23Cl)c(OC)c1. The van der Waals surface area contributed by atoms with Crippen LogP contribution >= 0.6 is 50.5 Å². The van der Waals surface area contributed by atoms with Gasteiger partial charge in [-0.05, 0) is 30.2 Å². The smallest absolute Gasteiger partial charge is 0.254 e. The number of allylic oxidation sites excluding steroid dienone is 2. The first-order valence-corrected chi connectivity index (χ1v) is 15.6. The predicted octanol–water partition coefficient (Wildman–Crippen LogP) is 4.38. The van der Waals surface area contributed by atoms with Crippen molar-refractivity contribution in [1.29, 1.82) is 0 Å². The second kappa shape index (κ2) is 10.00. The van der Waals surface area contributed by atoms with Crippen molar-refractivity contribution in [2.24, 2.45) is 17.8 Å². The monoisotopic (exact) mass is 682 g/mol. The van der Waals surface area contributed by atoms with Gasteiger partial charge in [0.25, 0.3) is 11.8 Å². The average Bonchev–Trinajstić information content (AvgIpc) is 3.60. The van der Waals surface area contributed by atoms with E-state index in [1.807, 2.05) is 23.6 Å². The third-order valence-electron chi connectivity index (χ3n) is 8.84. The van der Waals surface area contributed by atoms with Crippen molar-refractivity contribution in [3.05, 3.63) is 51.7 Å². The number of fused-ring (bicyclic) bond motifs is 4. The summed E-state index contributed by atoms with van der Waals surface area (Å²) < 4.78 is 10.9. The molecule has 0 radical (unpaired) electrons. The van der Waals surface area contributed by atoms with Gasteiger partial charge in [-0.2, -0.15) is 0 Å². The second-order valence-corrected chi connectivity index (χ2v) is 13.4. The third-order valence-corrected chi connectivity index (χ3v) is 11.6. The van der Waals surface area contributed by atoms with E-state index in [1.54, 1.807) is 0 Å². The van der Waals surface area contributed by atoms with E-state index in [0.29, 0.717) is 11.3 Å². The number of hydrogen-bond donors (Lipinski definition) is 1. The highest BCUT2D eigenvalue weighted by Gasteiger charge is 2.76. The summed E-state index contributed by atoms with van der Waals surface area (Å²) >= 11 is 19.1. The summed E-state index contributed by atoms with van der Waals surface area (Å²) in [5.74, 6) is -5.21. The molecule has 13 heteroatoms. The van der Waals surface area contributed by atoms with E-state index in [2.05, 4.69) is 15.9 Å². The Balaban J connectivity index is 1.54. The van der Waals surface area contributed by atoms with E-state index < -0.39 is 45.2 Å². The quantitative estimate of drug-likeness (QED) is 0.208. The minimum atomic E-state index is -2.06. The van der Waals surface area contributed by atoms with E-state index in [0.717, 1.165) is 9.78 Å². The second-order valence-electron chi connectivity index (χ2n) is 10.6. The van der Waals surface area contributed by atoms with Crippen LogP contribution in [-0.4, -0.2) is 68.0 Å². The molecule has 1 aromatic heterocycles. The first-order chi connectivity index (χ1) is 19.5. The molecule has 6 rings (SSSR count). The molecule has 2 saturated heterocycles. The summed E-state index contributed by atoms with van der Waals surface area (Å²) in [5, 5.41) is 13.2. The summed E-state index contributed by atoms with van der Waals surface area (Å²) in [6.07, 6.45) is 1.90. The topological polar surface area (TPSA) is 113 Å². The Bertz CT molecular complexity index is 1520. The Hall–Kier alpha value is -2.60. The molecule has 1 N–H and O–H groups in total. The van der Waals surface area contributed by atoms with Gasteiger partial charge in [0.1, 0.15) is 17.2 Å². The van der Waals surface area contributed by atoms with E-state index in [9.17, 15) is 24.3 Å². The van der Waals surface area contributed by atoms with E-state index in [-0.39, 0.29) is 53.7 Å². The largest absolute Gasteiger partial charge is 0.507 e. The van der Waals surface area contributed by atoms with Gasteiger partial charge in [-0.25, -0.2) is 0 Å². The van der Waals surface area contributed by atoms with Crippen LogP contribution in [0.2, 0.25) is 0 Å². The van der Waals surface area contributed by atoms with Gasteiger partial charge < -0.3 is 14.6 Å². The minimum Gasteiger partial charge on any atom is -0.507 e. The first-order valence-electron chi connectivity index (χ1n) is 12.9. The number of nitrogens with zero attached hydrogens (tertiary/aromatic N) is 2. The number of methoxy groups -OCH3 is 2. The van der Waals surface area contributed by atoms with Crippen LogP contribution in [0.3, 0.4) is 0 Å². The fourth-order valence-electron chi connectivity index (χ4n) is 7.01. The molecule has 0 bridgehead atoms. The summed E-state index contributed by atoms with van der Waals surface area (Å²) in [4.78, 5) is 54.2. The molecule has 6 unspecified atom stereocenters. The van der Waals surface area contributed by atoms with Crippen LogP contribution in [0.4, 0.5) is 0 Å². The number of amides is 4. The maximum atomic E-state index is 13.9. The van der Waals surface area contributed by atoms with E-state index >= 15 is 0 Å². The first kappa shape index (κ1) is 28.5. The molecule has 2 aliphatic carbocycles. The van der Waals surface area contributed by atoms with E-state index in [4.69, 9.17) is 32.7 Å². The highest BCUT2D eigenvalue weighted by atomic mass is 79.9. The zero-order chi connectivity index (χ0) is 29.4. The third kappa shape index (κ3) is 3.78. The number of hydrogen-bond acceptors (Lipinski definition) is 8.